The molecular weight excluding hydrogens is 292 g/mol. The number of esters is 1. The van der Waals surface area contributed by atoms with E-state index in [0.717, 1.165) is 19.4 Å². The molecule has 124 valence electrons. The SMILES string of the molecule is CC(C)C[C@H](NC(=O)C1CCCNC1)C(=O)OC(C)C.Cl. The summed E-state index contributed by atoms with van der Waals surface area (Å²) in [6.45, 7) is 9.36. The van der Waals surface area contributed by atoms with Gasteiger partial charge in [-0.25, -0.2) is 4.79 Å². The summed E-state index contributed by atoms with van der Waals surface area (Å²) in [7, 11) is 0. The van der Waals surface area contributed by atoms with Crippen LogP contribution in [0.2, 0.25) is 0 Å². The molecule has 6 heteroatoms. The first-order valence-corrected chi connectivity index (χ1v) is 7.61. The fraction of sp³-hybridized carbons (Fsp3) is 0.867. The first-order chi connectivity index (χ1) is 9.40. The molecule has 2 N–H and O–H groups in total. The summed E-state index contributed by atoms with van der Waals surface area (Å²) in [6, 6.07) is -0.535. The van der Waals surface area contributed by atoms with Crippen molar-refractivity contribution < 1.29 is 14.3 Å². The van der Waals surface area contributed by atoms with E-state index in [9.17, 15) is 9.59 Å². The third-order valence-electron chi connectivity index (χ3n) is 3.33. The van der Waals surface area contributed by atoms with Crippen LogP contribution in [0.4, 0.5) is 0 Å². The van der Waals surface area contributed by atoms with E-state index in [0.29, 0.717) is 18.9 Å². The molecule has 2 atom stereocenters. The summed E-state index contributed by atoms with van der Waals surface area (Å²) >= 11 is 0. The maximum absolute atomic E-state index is 12.2. The average Bonchev–Trinajstić information content (AvgIpc) is 2.37. The Labute approximate surface area is 134 Å². The predicted molar refractivity (Wildman–Crippen MR) is 85.5 cm³/mol. The van der Waals surface area contributed by atoms with Gasteiger partial charge in [0.25, 0.3) is 0 Å². The van der Waals surface area contributed by atoms with Crippen LogP contribution in [0.5, 0.6) is 0 Å². The quantitative estimate of drug-likeness (QED) is 0.733. The van der Waals surface area contributed by atoms with Crippen molar-refractivity contribution in [1.29, 1.82) is 0 Å². The lowest BCUT2D eigenvalue weighted by atomic mass is 9.97. The highest BCUT2D eigenvalue weighted by Gasteiger charge is 2.28. The third kappa shape index (κ3) is 7.67. The summed E-state index contributed by atoms with van der Waals surface area (Å²) in [5.41, 5.74) is 0. The van der Waals surface area contributed by atoms with E-state index in [-0.39, 0.29) is 36.3 Å². The Balaban J connectivity index is 0.00000400. The second-order valence-corrected chi connectivity index (χ2v) is 6.22. The molecule has 0 aromatic rings. The van der Waals surface area contributed by atoms with Crippen molar-refractivity contribution in [2.24, 2.45) is 11.8 Å². The Kier molecular flexibility index (Phi) is 9.62. The van der Waals surface area contributed by atoms with Gasteiger partial charge in [-0.15, -0.1) is 12.4 Å². The molecule has 1 aliphatic heterocycles. The van der Waals surface area contributed by atoms with E-state index >= 15 is 0 Å². The van der Waals surface area contributed by atoms with Gasteiger partial charge in [0.15, 0.2) is 0 Å². The molecule has 0 radical (unpaired) electrons. The standard InChI is InChI=1S/C15H28N2O3.ClH/c1-10(2)8-13(15(19)20-11(3)4)17-14(18)12-6-5-7-16-9-12;/h10-13,16H,5-9H2,1-4H3,(H,17,18);1H/t12?,13-;/m0./s1. The van der Waals surface area contributed by atoms with E-state index in [1.165, 1.54) is 0 Å². The Bertz CT molecular complexity index is 329. The zero-order chi connectivity index (χ0) is 15.1. The minimum absolute atomic E-state index is 0. The first kappa shape index (κ1) is 20.2. The van der Waals surface area contributed by atoms with Crippen LogP contribution in [0.15, 0.2) is 0 Å². The van der Waals surface area contributed by atoms with Crippen LogP contribution in [-0.4, -0.2) is 37.1 Å². The van der Waals surface area contributed by atoms with Crippen molar-refractivity contribution in [3.8, 4) is 0 Å². The lowest BCUT2D eigenvalue weighted by Crippen LogP contribution is -2.48. The molecule has 0 aromatic heterocycles. The van der Waals surface area contributed by atoms with E-state index < -0.39 is 6.04 Å². The highest BCUT2D eigenvalue weighted by molar-refractivity contribution is 5.86. The molecule has 1 unspecified atom stereocenters. The molecule has 0 aliphatic carbocycles. The molecule has 1 amide bonds. The molecule has 1 heterocycles. The van der Waals surface area contributed by atoms with Crippen molar-refractivity contribution in [2.45, 2.75) is 59.1 Å². The number of hydrogen-bond donors (Lipinski definition) is 2. The van der Waals surface area contributed by atoms with Crippen LogP contribution >= 0.6 is 12.4 Å². The minimum Gasteiger partial charge on any atom is -0.461 e. The molecule has 0 bridgehead atoms. The number of rotatable bonds is 6. The Hall–Kier alpha value is -0.810. The zero-order valence-electron chi connectivity index (χ0n) is 13.5. The van der Waals surface area contributed by atoms with Crippen LogP contribution in [-0.2, 0) is 14.3 Å². The van der Waals surface area contributed by atoms with Crippen molar-refractivity contribution in [1.82, 2.24) is 10.6 Å². The predicted octanol–water partition coefficient (Wildman–Crippen LogP) is 1.89. The Morgan fingerprint density at radius 2 is 1.95 bits per heavy atom. The number of carbonyl (C=O) groups excluding carboxylic acids is 2. The number of nitrogens with one attached hydrogen (secondary N) is 2. The fourth-order valence-corrected chi connectivity index (χ4v) is 2.37. The number of halogens is 1. The lowest BCUT2D eigenvalue weighted by Gasteiger charge is -2.26. The van der Waals surface area contributed by atoms with Gasteiger partial charge in [0.2, 0.25) is 5.91 Å². The van der Waals surface area contributed by atoms with Gasteiger partial charge in [-0.05, 0) is 45.6 Å². The normalized spacial score (nSPS) is 19.8. The molecule has 1 saturated heterocycles. The van der Waals surface area contributed by atoms with E-state index in [2.05, 4.69) is 10.6 Å². The van der Waals surface area contributed by atoms with Crippen molar-refractivity contribution >= 4 is 24.3 Å². The average molecular weight is 321 g/mol. The number of amides is 1. The minimum atomic E-state index is -0.535. The smallest absolute Gasteiger partial charge is 0.328 e. The van der Waals surface area contributed by atoms with E-state index in [4.69, 9.17) is 4.74 Å². The van der Waals surface area contributed by atoms with Gasteiger partial charge in [0.1, 0.15) is 6.04 Å². The van der Waals surface area contributed by atoms with Crippen LogP contribution < -0.4 is 10.6 Å². The maximum atomic E-state index is 12.2. The van der Waals surface area contributed by atoms with Crippen LogP contribution in [0.1, 0.15) is 47.0 Å². The molecule has 0 saturated carbocycles. The molecule has 5 nitrogen and oxygen atoms in total. The van der Waals surface area contributed by atoms with Crippen molar-refractivity contribution in [3.63, 3.8) is 0 Å². The fourth-order valence-electron chi connectivity index (χ4n) is 2.37. The molecule has 1 aliphatic rings. The topological polar surface area (TPSA) is 67.4 Å². The summed E-state index contributed by atoms with van der Waals surface area (Å²) in [5.74, 6) is -0.0795. The van der Waals surface area contributed by atoms with E-state index in [1.807, 2.05) is 27.7 Å². The molecule has 21 heavy (non-hydrogen) atoms. The van der Waals surface area contributed by atoms with E-state index in [1.54, 1.807) is 0 Å². The largest absolute Gasteiger partial charge is 0.461 e. The van der Waals surface area contributed by atoms with Gasteiger partial charge < -0.3 is 15.4 Å². The van der Waals surface area contributed by atoms with Gasteiger partial charge in [0, 0.05) is 6.54 Å². The van der Waals surface area contributed by atoms with Gasteiger partial charge in [-0.2, -0.15) is 0 Å². The third-order valence-corrected chi connectivity index (χ3v) is 3.33. The number of ether oxygens (including phenoxy) is 1. The van der Waals surface area contributed by atoms with Gasteiger partial charge in [-0.1, -0.05) is 13.8 Å². The van der Waals surface area contributed by atoms with Crippen LogP contribution in [0.3, 0.4) is 0 Å². The Morgan fingerprint density at radius 3 is 2.43 bits per heavy atom. The lowest BCUT2D eigenvalue weighted by molar-refractivity contribution is -0.152. The second-order valence-electron chi connectivity index (χ2n) is 6.22. The molecule has 1 fully saturated rings. The van der Waals surface area contributed by atoms with Crippen molar-refractivity contribution in [3.05, 3.63) is 0 Å². The Morgan fingerprint density at radius 1 is 1.29 bits per heavy atom. The second kappa shape index (κ2) is 10.0. The van der Waals surface area contributed by atoms with Gasteiger partial charge >= 0.3 is 5.97 Å². The first-order valence-electron chi connectivity index (χ1n) is 7.61. The summed E-state index contributed by atoms with van der Waals surface area (Å²) in [6.07, 6.45) is 2.33. The number of carbonyl (C=O) groups is 2. The zero-order valence-corrected chi connectivity index (χ0v) is 14.3. The van der Waals surface area contributed by atoms with Crippen LogP contribution in [0.25, 0.3) is 0 Å². The molecule has 0 spiro atoms. The molecule has 1 rings (SSSR count). The molecular formula is C15H29ClN2O3. The van der Waals surface area contributed by atoms with Crippen LogP contribution in [0, 0.1) is 11.8 Å². The monoisotopic (exact) mass is 320 g/mol. The highest BCUT2D eigenvalue weighted by atomic mass is 35.5. The number of piperidine rings is 1. The van der Waals surface area contributed by atoms with Gasteiger partial charge in [-0.3, -0.25) is 4.79 Å². The summed E-state index contributed by atoms with van der Waals surface area (Å²) in [5, 5.41) is 6.08. The summed E-state index contributed by atoms with van der Waals surface area (Å²) in [4.78, 5) is 24.3. The van der Waals surface area contributed by atoms with Gasteiger partial charge in [0.05, 0.1) is 12.0 Å². The number of hydrogen-bond acceptors (Lipinski definition) is 4. The highest BCUT2D eigenvalue weighted by Crippen LogP contribution is 2.13. The maximum Gasteiger partial charge on any atom is 0.328 e. The summed E-state index contributed by atoms with van der Waals surface area (Å²) < 4.78 is 5.23. The molecule has 0 aromatic carbocycles. The van der Waals surface area contributed by atoms with Crippen molar-refractivity contribution in [2.75, 3.05) is 13.1 Å².